The standard InChI is InChI=1S/C21H33N3O/c1-7-8-11-25-18-12-17(13-18)24-19(21(4,5)6)14-20(22-24)23-15(2)9-10-16(23)3/h9-10,14,17-18H,7-8,11-13H2,1-6H3/t17-,18+. The summed E-state index contributed by atoms with van der Waals surface area (Å²) in [5.74, 6) is 1.04. The van der Waals surface area contributed by atoms with E-state index in [1.165, 1.54) is 23.5 Å². The highest BCUT2D eigenvalue weighted by Crippen LogP contribution is 2.38. The summed E-state index contributed by atoms with van der Waals surface area (Å²) in [5, 5.41) is 5.02. The summed E-state index contributed by atoms with van der Waals surface area (Å²) in [6.45, 7) is 14.2. The van der Waals surface area contributed by atoms with Crippen molar-refractivity contribution in [2.75, 3.05) is 6.61 Å². The van der Waals surface area contributed by atoms with Gasteiger partial charge < -0.3 is 9.30 Å². The van der Waals surface area contributed by atoms with Gasteiger partial charge in [-0.05, 0) is 45.2 Å². The van der Waals surface area contributed by atoms with Crippen molar-refractivity contribution >= 4 is 0 Å². The van der Waals surface area contributed by atoms with E-state index in [1.54, 1.807) is 0 Å². The average Bonchev–Trinajstić information content (AvgIpc) is 3.05. The van der Waals surface area contributed by atoms with E-state index in [9.17, 15) is 0 Å². The zero-order valence-electron chi connectivity index (χ0n) is 16.7. The van der Waals surface area contributed by atoms with Crippen LogP contribution >= 0.6 is 0 Å². The predicted octanol–water partition coefficient (Wildman–Crippen LogP) is 5.11. The third-order valence-corrected chi connectivity index (χ3v) is 5.26. The molecule has 0 bridgehead atoms. The maximum atomic E-state index is 5.97. The van der Waals surface area contributed by atoms with E-state index in [4.69, 9.17) is 9.84 Å². The summed E-state index contributed by atoms with van der Waals surface area (Å²) < 4.78 is 10.5. The first-order valence-corrected chi connectivity index (χ1v) is 9.68. The number of rotatable bonds is 6. The van der Waals surface area contributed by atoms with E-state index >= 15 is 0 Å². The SMILES string of the molecule is CCCCO[C@H]1C[C@@H](n2nc(-n3c(C)ccc3C)cc2C(C)(C)C)C1. The Hall–Kier alpha value is -1.55. The third-order valence-electron chi connectivity index (χ3n) is 5.26. The fourth-order valence-corrected chi connectivity index (χ4v) is 3.63. The number of unbranched alkanes of at least 4 members (excludes halogenated alkanes) is 1. The number of aromatic nitrogens is 3. The molecular formula is C21H33N3O. The van der Waals surface area contributed by atoms with E-state index in [0.717, 1.165) is 31.7 Å². The molecule has 1 saturated carbocycles. The molecule has 25 heavy (non-hydrogen) atoms. The first-order chi connectivity index (χ1) is 11.8. The molecule has 0 aromatic carbocycles. The van der Waals surface area contributed by atoms with Gasteiger partial charge in [0.2, 0.25) is 0 Å². The van der Waals surface area contributed by atoms with Crippen LogP contribution in [0.5, 0.6) is 0 Å². The van der Waals surface area contributed by atoms with Crippen molar-refractivity contribution in [1.82, 2.24) is 14.3 Å². The van der Waals surface area contributed by atoms with E-state index in [0.29, 0.717) is 12.1 Å². The Labute approximate surface area is 152 Å². The largest absolute Gasteiger partial charge is 0.378 e. The first-order valence-electron chi connectivity index (χ1n) is 9.68. The van der Waals surface area contributed by atoms with Gasteiger partial charge in [-0.15, -0.1) is 0 Å². The maximum absolute atomic E-state index is 5.97. The molecule has 0 aliphatic heterocycles. The minimum atomic E-state index is 0.0777. The van der Waals surface area contributed by atoms with Crippen molar-refractivity contribution in [3.63, 3.8) is 0 Å². The summed E-state index contributed by atoms with van der Waals surface area (Å²) in [6.07, 6.45) is 4.93. The zero-order chi connectivity index (χ0) is 18.2. The van der Waals surface area contributed by atoms with Crippen molar-refractivity contribution < 1.29 is 4.74 Å². The second-order valence-corrected chi connectivity index (χ2v) is 8.51. The average molecular weight is 344 g/mol. The van der Waals surface area contributed by atoms with Crippen LogP contribution in [0, 0.1) is 13.8 Å². The van der Waals surface area contributed by atoms with Crippen LogP contribution < -0.4 is 0 Å². The highest BCUT2D eigenvalue weighted by atomic mass is 16.5. The lowest BCUT2D eigenvalue weighted by molar-refractivity contribution is -0.0308. The predicted molar refractivity (Wildman–Crippen MR) is 103 cm³/mol. The topological polar surface area (TPSA) is 32.0 Å². The molecule has 0 amide bonds. The molecule has 2 heterocycles. The zero-order valence-corrected chi connectivity index (χ0v) is 16.7. The molecule has 1 fully saturated rings. The van der Waals surface area contributed by atoms with Crippen LogP contribution in [0.15, 0.2) is 18.2 Å². The van der Waals surface area contributed by atoms with Crippen molar-refractivity contribution in [3.05, 3.63) is 35.3 Å². The number of hydrogen-bond acceptors (Lipinski definition) is 2. The molecule has 138 valence electrons. The Morgan fingerprint density at radius 1 is 1.16 bits per heavy atom. The maximum Gasteiger partial charge on any atom is 0.159 e. The lowest BCUT2D eigenvalue weighted by Crippen LogP contribution is -2.36. The molecule has 0 saturated heterocycles. The first kappa shape index (κ1) is 18.2. The van der Waals surface area contributed by atoms with Gasteiger partial charge in [0.1, 0.15) is 0 Å². The summed E-state index contributed by atoms with van der Waals surface area (Å²) in [7, 11) is 0. The monoisotopic (exact) mass is 343 g/mol. The van der Waals surface area contributed by atoms with Gasteiger partial charge >= 0.3 is 0 Å². The van der Waals surface area contributed by atoms with Crippen LogP contribution in [0.2, 0.25) is 0 Å². The lowest BCUT2D eigenvalue weighted by atomic mass is 9.86. The van der Waals surface area contributed by atoms with Crippen LogP contribution in [0.4, 0.5) is 0 Å². The van der Waals surface area contributed by atoms with Gasteiger partial charge in [0.05, 0.1) is 12.1 Å². The summed E-state index contributed by atoms with van der Waals surface area (Å²) in [5.41, 5.74) is 3.86. The molecule has 0 unspecified atom stereocenters. The quantitative estimate of drug-likeness (QED) is 0.683. The van der Waals surface area contributed by atoms with Crippen LogP contribution in [-0.2, 0) is 10.2 Å². The fraction of sp³-hybridized carbons (Fsp3) is 0.667. The Balaban J connectivity index is 1.82. The molecule has 3 rings (SSSR count). The number of ether oxygens (including phenoxy) is 1. The van der Waals surface area contributed by atoms with E-state index in [1.807, 2.05) is 0 Å². The molecular weight excluding hydrogens is 310 g/mol. The Morgan fingerprint density at radius 2 is 1.80 bits per heavy atom. The second-order valence-electron chi connectivity index (χ2n) is 8.51. The minimum absolute atomic E-state index is 0.0777. The number of aryl methyl sites for hydroxylation is 2. The van der Waals surface area contributed by atoms with Gasteiger partial charge in [0, 0.05) is 35.2 Å². The smallest absolute Gasteiger partial charge is 0.159 e. The highest BCUT2D eigenvalue weighted by Gasteiger charge is 2.35. The fourth-order valence-electron chi connectivity index (χ4n) is 3.63. The van der Waals surface area contributed by atoms with Gasteiger partial charge in [-0.1, -0.05) is 34.1 Å². The Bertz CT molecular complexity index is 695. The van der Waals surface area contributed by atoms with Crippen molar-refractivity contribution in [2.24, 2.45) is 0 Å². The molecule has 0 N–H and O–H groups in total. The number of hydrogen-bond donors (Lipinski definition) is 0. The number of nitrogens with zero attached hydrogens (tertiary/aromatic N) is 3. The van der Waals surface area contributed by atoms with Gasteiger partial charge in [-0.3, -0.25) is 4.68 Å². The molecule has 0 radical (unpaired) electrons. The van der Waals surface area contributed by atoms with Gasteiger partial charge in [0.25, 0.3) is 0 Å². The summed E-state index contributed by atoms with van der Waals surface area (Å²) in [6, 6.07) is 7.05. The van der Waals surface area contributed by atoms with Gasteiger partial charge in [-0.25, -0.2) is 0 Å². The van der Waals surface area contributed by atoms with E-state index < -0.39 is 0 Å². The highest BCUT2D eigenvalue weighted by molar-refractivity contribution is 5.35. The Kier molecular flexibility index (Phi) is 5.10. The van der Waals surface area contributed by atoms with E-state index in [-0.39, 0.29) is 5.41 Å². The second kappa shape index (κ2) is 6.99. The Morgan fingerprint density at radius 3 is 2.36 bits per heavy atom. The summed E-state index contributed by atoms with van der Waals surface area (Å²) >= 11 is 0. The van der Waals surface area contributed by atoms with Crippen molar-refractivity contribution in [2.45, 2.75) is 84.8 Å². The van der Waals surface area contributed by atoms with Crippen LogP contribution in [0.3, 0.4) is 0 Å². The van der Waals surface area contributed by atoms with Gasteiger partial charge in [-0.2, -0.15) is 5.10 Å². The van der Waals surface area contributed by atoms with Crippen LogP contribution in [0.25, 0.3) is 5.82 Å². The molecule has 4 heteroatoms. The van der Waals surface area contributed by atoms with Crippen molar-refractivity contribution in [3.8, 4) is 5.82 Å². The van der Waals surface area contributed by atoms with Gasteiger partial charge in [0.15, 0.2) is 5.82 Å². The summed E-state index contributed by atoms with van der Waals surface area (Å²) in [4.78, 5) is 0. The molecule has 0 atom stereocenters. The normalized spacial score (nSPS) is 20.7. The van der Waals surface area contributed by atoms with Crippen LogP contribution in [0.1, 0.15) is 76.5 Å². The molecule has 2 aromatic rings. The molecule has 2 aromatic heterocycles. The minimum Gasteiger partial charge on any atom is -0.378 e. The molecule has 4 nitrogen and oxygen atoms in total. The molecule has 1 aliphatic rings. The molecule has 0 spiro atoms. The third kappa shape index (κ3) is 3.69. The molecule has 1 aliphatic carbocycles. The van der Waals surface area contributed by atoms with E-state index in [2.05, 4.69) is 69.0 Å². The van der Waals surface area contributed by atoms with Crippen molar-refractivity contribution in [1.29, 1.82) is 0 Å². The lowest BCUT2D eigenvalue weighted by Gasteiger charge is -2.37. The van der Waals surface area contributed by atoms with Crippen LogP contribution in [-0.4, -0.2) is 27.1 Å².